The highest BCUT2D eigenvalue weighted by Gasteiger charge is 2.26. The van der Waals surface area contributed by atoms with E-state index in [1.54, 1.807) is 0 Å². The highest BCUT2D eigenvalue weighted by atomic mass is 32.1. The van der Waals surface area contributed by atoms with Gasteiger partial charge in [-0.05, 0) is 24.2 Å². The molecule has 1 aromatic heterocycles. The summed E-state index contributed by atoms with van der Waals surface area (Å²) >= 11 is 1.07. The van der Waals surface area contributed by atoms with Crippen molar-refractivity contribution in [3.05, 3.63) is 16.3 Å². The van der Waals surface area contributed by atoms with E-state index in [0.717, 1.165) is 37.3 Å². The van der Waals surface area contributed by atoms with Crippen LogP contribution in [-0.2, 0) is 4.74 Å². The molecule has 0 bridgehead atoms. The molecule has 94 valence electrons. The monoisotopic (exact) mass is 257 g/mol. The lowest BCUT2D eigenvalue weighted by Gasteiger charge is -2.16. The fourth-order valence-corrected chi connectivity index (χ4v) is 2.67. The molecule has 1 fully saturated rings. The first kappa shape index (κ1) is 12.3. The molecule has 6 nitrogen and oxygen atoms in total. The topological polar surface area (TPSA) is 77.3 Å². The first-order valence-electron chi connectivity index (χ1n) is 5.66. The quantitative estimate of drug-likeness (QED) is 0.646. The van der Waals surface area contributed by atoms with E-state index in [0.29, 0.717) is 17.2 Å². The first-order valence-corrected chi connectivity index (χ1v) is 6.48. The number of anilines is 1. The largest absolute Gasteiger partial charge is 0.378 e. The summed E-state index contributed by atoms with van der Waals surface area (Å²) in [6, 6.07) is 0. The van der Waals surface area contributed by atoms with Gasteiger partial charge in [0.1, 0.15) is 6.20 Å². The summed E-state index contributed by atoms with van der Waals surface area (Å²) in [5, 5.41) is 14.3. The van der Waals surface area contributed by atoms with Crippen LogP contribution in [0, 0.1) is 16.0 Å². The van der Waals surface area contributed by atoms with Crippen LogP contribution in [0.4, 0.5) is 10.1 Å². The minimum absolute atomic E-state index is 0.0715. The Labute approximate surface area is 103 Å². The van der Waals surface area contributed by atoms with Gasteiger partial charge >= 0.3 is 5.00 Å². The maximum Gasteiger partial charge on any atom is 0.345 e. The van der Waals surface area contributed by atoms with Crippen molar-refractivity contribution in [2.24, 2.45) is 5.92 Å². The Morgan fingerprint density at radius 2 is 2.59 bits per heavy atom. The lowest BCUT2D eigenvalue weighted by Crippen LogP contribution is -2.22. The SMILES string of the molecule is CCC1OCCC1CNc1ncc([N+](=O)[O-])s1. The third-order valence-electron chi connectivity index (χ3n) is 2.94. The fourth-order valence-electron chi connectivity index (χ4n) is 2.03. The average molecular weight is 257 g/mol. The zero-order chi connectivity index (χ0) is 12.3. The predicted molar refractivity (Wildman–Crippen MR) is 65.4 cm³/mol. The van der Waals surface area contributed by atoms with Crippen LogP contribution in [0.1, 0.15) is 19.8 Å². The molecule has 1 aliphatic heterocycles. The van der Waals surface area contributed by atoms with Crippen LogP contribution in [0.2, 0.25) is 0 Å². The van der Waals surface area contributed by atoms with Crippen molar-refractivity contribution in [2.45, 2.75) is 25.9 Å². The minimum atomic E-state index is -0.420. The second kappa shape index (κ2) is 5.42. The van der Waals surface area contributed by atoms with Crippen molar-refractivity contribution in [1.82, 2.24) is 4.98 Å². The van der Waals surface area contributed by atoms with Gasteiger partial charge in [0.05, 0.1) is 11.0 Å². The third-order valence-corrected chi connectivity index (χ3v) is 3.84. The Morgan fingerprint density at radius 3 is 3.24 bits per heavy atom. The Hall–Kier alpha value is -1.21. The molecule has 0 aliphatic carbocycles. The molecule has 0 spiro atoms. The van der Waals surface area contributed by atoms with Crippen molar-refractivity contribution in [3.63, 3.8) is 0 Å². The molecule has 7 heteroatoms. The number of hydrogen-bond acceptors (Lipinski definition) is 6. The Kier molecular flexibility index (Phi) is 3.90. The van der Waals surface area contributed by atoms with Crippen molar-refractivity contribution < 1.29 is 9.66 Å². The number of rotatable bonds is 5. The van der Waals surface area contributed by atoms with E-state index in [-0.39, 0.29) is 5.00 Å². The molecule has 0 radical (unpaired) electrons. The predicted octanol–water partition coefficient (Wildman–Crippen LogP) is 2.28. The molecule has 2 atom stereocenters. The summed E-state index contributed by atoms with van der Waals surface area (Å²) in [6.45, 7) is 3.68. The molecule has 0 saturated carbocycles. The average Bonchev–Trinajstić information content (AvgIpc) is 2.95. The fraction of sp³-hybridized carbons (Fsp3) is 0.700. The summed E-state index contributed by atoms with van der Waals surface area (Å²) in [6.07, 6.45) is 3.64. The molecule has 1 N–H and O–H groups in total. The van der Waals surface area contributed by atoms with E-state index in [4.69, 9.17) is 4.74 Å². The van der Waals surface area contributed by atoms with Crippen molar-refractivity contribution in [2.75, 3.05) is 18.5 Å². The van der Waals surface area contributed by atoms with Gasteiger partial charge in [-0.1, -0.05) is 6.92 Å². The second-order valence-corrected chi connectivity index (χ2v) is 5.02. The number of ether oxygens (including phenoxy) is 1. The van der Waals surface area contributed by atoms with Crippen LogP contribution in [0.3, 0.4) is 0 Å². The lowest BCUT2D eigenvalue weighted by molar-refractivity contribution is -0.380. The maximum absolute atomic E-state index is 10.5. The third kappa shape index (κ3) is 2.92. The van der Waals surface area contributed by atoms with E-state index >= 15 is 0 Å². The summed E-state index contributed by atoms with van der Waals surface area (Å²) < 4.78 is 5.58. The van der Waals surface area contributed by atoms with Gasteiger partial charge in [0.15, 0.2) is 5.13 Å². The van der Waals surface area contributed by atoms with Gasteiger partial charge in [-0.3, -0.25) is 10.1 Å². The summed E-state index contributed by atoms with van der Waals surface area (Å²) in [5.74, 6) is 0.475. The van der Waals surface area contributed by atoms with Crippen LogP contribution in [0.5, 0.6) is 0 Å². The van der Waals surface area contributed by atoms with Gasteiger partial charge in [-0.15, -0.1) is 0 Å². The molecular weight excluding hydrogens is 242 g/mol. The highest BCUT2D eigenvalue weighted by Crippen LogP contribution is 2.27. The zero-order valence-corrected chi connectivity index (χ0v) is 10.4. The molecule has 2 rings (SSSR count). The molecule has 0 amide bonds. The normalized spacial score (nSPS) is 23.8. The van der Waals surface area contributed by atoms with E-state index in [1.165, 1.54) is 6.20 Å². The van der Waals surface area contributed by atoms with Crippen molar-refractivity contribution in [3.8, 4) is 0 Å². The second-order valence-electron chi connectivity index (χ2n) is 4.01. The van der Waals surface area contributed by atoms with Crippen molar-refractivity contribution in [1.29, 1.82) is 0 Å². The molecule has 1 aliphatic rings. The molecule has 1 aromatic rings. The van der Waals surface area contributed by atoms with Gasteiger partial charge < -0.3 is 10.1 Å². The van der Waals surface area contributed by atoms with Crippen LogP contribution in [0.15, 0.2) is 6.20 Å². The van der Waals surface area contributed by atoms with Gasteiger partial charge in [-0.25, -0.2) is 4.98 Å². The van der Waals surface area contributed by atoms with E-state index in [2.05, 4.69) is 17.2 Å². The minimum Gasteiger partial charge on any atom is -0.378 e. The number of nitrogens with one attached hydrogen (secondary N) is 1. The molecule has 2 heterocycles. The Morgan fingerprint density at radius 1 is 1.76 bits per heavy atom. The molecule has 0 aromatic carbocycles. The summed E-state index contributed by atoms with van der Waals surface area (Å²) in [4.78, 5) is 14.1. The number of thiazole rings is 1. The zero-order valence-electron chi connectivity index (χ0n) is 9.59. The van der Waals surface area contributed by atoms with Crippen LogP contribution in [0.25, 0.3) is 0 Å². The molecular formula is C10H15N3O3S. The molecule has 1 saturated heterocycles. The smallest absolute Gasteiger partial charge is 0.345 e. The van der Waals surface area contributed by atoms with Gasteiger partial charge in [0, 0.05) is 19.1 Å². The number of aromatic nitrogens is 1. The van der Waals surface area contributed by atoms with E-state index < -0.39 is 4.92 Å². The van der Waals surface area contributed by atoms with Gasteiger partial charge in [-0.2, -0.15) is 0 Å². The van der Waals surface area contributed by atoms with E-state index in [1.807, 2.05) is 0 Å². The van der Waals surface area contributed by atoms with Gasteiger partial charge in [0.2, 0.25) is 0 Å². The summed E-state index contributed by atoms with van der Waals surface area (Å²) in [5.41, 5.74) is 0. The van der Waals surface area contributed by atoms with Crippen LogP contribution in [-0.4, -0.2) is 29.2 Å². The van der Waals surface area contributed by atoms with Crippen molar-refractivity contribution >= 4 is 21.5 Å². The highest BCUT2D eigenvalue weighted by molar-refractivity contribution is 7.18. The molecule has 17 heavy (non-hydrogen) atoms. The first-order chi connectivity index (χ1) is 8.20. The standard InChI is InChI=1S/C10H15N3O3S/c1-2-8-7(3-4-16-8)5-11-10-12-6-9(17-10)13(14)15/h6-8H,2-5H2,1H3,(H,11,12). The number of hydrogen-bond donors (Lipinski definition) is 1. The Balaban J connectivity index is 1.86. The van der Waals surface area contributed by atoms with Crippen LogP contribution >= 0.6 is 11.3 Å². The lowest BCUT2D eigenvalue weighted by atomic mass is 10.00. The van der Waals surface area contributed by atoms with Crippen LogP contribution < -0.4 is 5.32 Å². The summed E-state index contributed by atoms with van der Waals surface area (Å²) in [7, 11) is 0. The number of nitro groups is 1. The van der Waals surface area contributed by atoms with E-state index in [9.17, 15) is 10.1 Å². The van der Waals surface area contributed by atoms with Gasteiger partial charge in [0.25, 0.3) is 0 Å². The Bertz CT molecular complexity index is 396. The maximum atomic E-state index is 10.5. The molecule has 2 unspecified atom stereocenters. The number of nitrogens with zero attached hydrogens (tertiary/aromatic N) is 2.